The molecule has 0 fully saturated rings. The number of carboxylic acid groups (broad SMARTS) is 1. The Balaban J connectivity index is 3.64. The summed E-state index contributed by atoms with van der Waals surface area (Å²) in [4.78, 5) is 10.2. The molecule has 0 aromatic heterocycles. The van der Waals surface area contributed by atoms with Crippen molar-refractivity contribution < 1.29 is 9.90 Å². The van der Waals surface area contributed by atoms with E-state index in [1.54, 1.807) is 12.2 Å². The van der Waals surface area contributed by atoms with Crippen LogP contribution in [0.1, 0.15) is 19.3 Å². The van der Waals surface area contributed by atoms with Crippen molar-refractivity contribution in [3.8, 4) is 0 Å². The third-order valence-electron chi connectivity index (χ3n) is 1.42. The summed E-state index contributed by atoms with van der Waals surface area (Å²) >= 11 is 0. The molecule has 0 heterocycles. The topological polar surface area (TPSA) is 63.3 Å². The molecule has 3 nitrogen and oxygen atoms in total. The Morgan fingerprint density at radius 2 is 1.92 bits per heavy atom. The van der Waals surface area contributed by atoms with E-state index in [0.717, 1.165) is 5.57 Å². The van der Waals surface area contributed by atoms with Gasteiger partial charge in [0.15, 0.2) is 0 Å². The largest absolute Gasteiger partial charge is 0.481 e. The van der Waals surface area contributed by atoms with Gasteiger partial charge < -0.3 is 10.8 Å². The number of rotatable bonds is 6. The molecule has 0 atom stereocenters. The number of allylic oxidation sites excluding steroid dienone is 3. The zero-order valence-electron chi connectivity index (χ0n) is 7.62. The summed E-state index contributed by atoms with van der Waals surface area (Å²) in [6.45, 7) is 7.24. The Morgan fingerprint density at radius 3 is 2.38 bits per heavy atom. The first-order valence-electron chi connectivity index (χ1n) is 4.04. The molecule has 0 aliphatic carbocycles. The molecule has 0 aromatic rings. The van der Waals surface area contributed by atoms with Gasteiger partial charge in [-0.25, -0.2) is 0 Å². The Hall–Kier alpha value is -1.51. The van der Waals surface area contributed by atoms with Crippen LogP contribution in [-0.4, -0.2) is 11.1 Å². The van der Waals surface area contributed by atoms with Crippen molar-refractivity contribution in [1.82, 2.24) is 0 Å². The molecule has 0 spiro atoms. The standard InChI is InChI=1S/C10H15NO2/c1-8(6-7-9(2)11)4-3-5-10(12)13/h6-7H,1-5,11H2,(H,12,13)/b7-6-. The van der Waals surface area contributed by atoms with Gasteiger partial charge in [-0.2, -0.15) is 0 Å². The highest BCUT2D eigenvalue weighted by Crippen LogP contribution is 2.06. The molecule has 0 amide bonds. The molecule has 3 heteroatoms. The number of carbonyl (C=O) groups is 1. The lowest BCUT2D eigenvalue weighted by atomic mass is 10.1. The molecule has 0 radical (unpaired) electrons. The first-order valence-corrected chi connectivity index (χ1v) is 4.04. The predicted molar refractivity (Wildman–Crippen MR) is 53.1 cm³/mol. The first kappa shape index (κ1) is 11.5. The third-order valence-corrected chi connectivity index (χ3v) is 1.42. The van der Waals surface area contributed by atoms with Crippen molar-refractivity contribution in [3.05, 3.63) is 36.6 Å². The number of carboxylic acids is 1. The molecule has 0 unspecified atom stereocenters. The van der Waals surface area contributed by atoms with Gasteiger partial charge in [0, 0.05) is 12.1 Å². The molecule has 0 saturated carbocycles. The minimum atomic E-state index is -0.778. The fourth-order valence-corrected chi connectivity index (χ4v) is 0.775. The normalized spacial score (nSPS) is 10.2. The van der Waals surface area contributed by atoms with Gasteiger partial charge in [0.2, 0.25) is 0 Å². The molecular formula is C10H15NO2. The van der Waals surface area contributed by atoms with Crippen molar-refractivity contribution >= 4 is 5.97 Å². The fraction of sp³-hybridized carbons (Fsp3) is 0.300. The lowest BCUT2D eigenvalue weighted by Gasteiger charge is -1.97. The minimum Gasteiger partial charge on any atom is -0.481 e. The summed E-state index contributed by atoms with van der Waals surface area (Å²) in [6.07, 6.45) is 4.87. The summed E-state index contributed by atoms with van der Waals surface area (Å²) in [5.41, 5.74) is 6.64. The average Bonchev–Trinajstić information content (AvgIpc) is 2.00. The van der Waals surface area contributed by atoms with E-state index in [9.17, 15) is 4.79 Å². The molecule has 72 valence electrons. The molecular weight excluding hydrogens is 166 g/mol. The minimum absolute atomic E-state index is 0.177. The van der Waals surface area contributed by atoms with E-state index in [4.69, 9.17) is 10.8 Å². The van der Waals surface area contributed by atoms with Crippen LogP contribution in [0.15, 0.2) is 36.6 Å². The second-order valence-electron chi connectivity index (χ2n) is 2.81. The zero-order chi connectivity index (χ0) is 10.3. The van der Waals surface area contributed by atoms with Crippen LogP contribution < -0.4 is 5.73 Å². The maximum absolute atomic E-state index is 10.2. The van der Waals surface area contributed by atoms with Gasteiger partial charge in [0.25, 0.3) is 0 Å². The summed E-state index contributed by atoms with van der Waals surface area (Å²) in [5, 5.41) is 8.36. The monoisotopic (exact) mass is 181 g/mol. The van der Waals surface area contributed by atoms with Crippen molar-refractivity contribution in [2.75, 3.05) is 0 Å². The van der Waals surface area contributed by atoms with Crippen LogP contribution in [0.4, 0.5) is 0 Å². The molecule has 13 heavy (non-hydrogen) atoms. The molecule has 0 bridgehead atoms. The lowest BCUT2D eigenvalue weighted by molar-refractivity contribution is -0.137. The van der Waals surface area contributed by atoms with Gasteiger partial charge in [0.1, 0.15) is 0 Å². The van der Waals surface area contributed by atoms with E-state index >= 15 is 0 Å². The van der Waals surface area contributed by atoms with Gasteiger partial charge in [0.05, 0.1) is 0 Å². The summed E-state index contributed by atoms with van der Waals surface area (Å²) < 4.78 is 0. The lowest BCUT2D eigenvalue weighted by Crippen LogP contribution is -1.94. The maximum atomic E-state index is 10.2. The summed E-state index contributed by atoms with van der Waals surface area (Å²) in [7, 11) is 0. The Labute approximate surface area is 78.3 Å². The Morgan fingerprint density at radius 1 is 1.31 bits per heavy atom. The second-order valence-corrected chi connectivity index (χ2v) is 2.81. The number of aliphatic carboxylic acids is 1. The molecule has 0 saturated heterocycles. The molecule has 0 aliphatic heterocycles. The first-order chi connectivity index (χ1) is 6.02. The van der Waals surface area contributed by atoms with Gasteiger partial charge in [-0.05, 0) is 18.9 Å². The Bertz CT molecular complexity index is 241. The van der Waals surface area contributed by atoms with E-state index < -0.39 is 5.97 Å². The highest BCUT2D eigenvalue weighted by molar-refractivity contribution is 5.66. The van der Waals surface area contributed by atoms with E-state index in [-0.39, 0.29) is 6.42 Å². The predicted octanol–water partition coefficient (Wildman–Crippen LogP) is 1.83. The van der Waals surface area contributed by atoms with E-state index in [2.05, 4.69) is 13.2 Å². The molecule has 0 aliphatic rings. The highest BCUT2D eigenvalue weighted by Gasteiger charge is 1.96. The summed E-state index contributed by atoms with van der Waals surface area (Å²) in [6, 6.07) is 0. The highest BCUT2D eigenvalue weighted by atomic mass is 16.4. The fourth-order valence-electron chi connectivity index (χ4n) is 0.775. The smallest absolute Gasteiger partial charge is 0.303 e. The van der Waals surface area contributed by atoms with Crippen LogP contribution >= 0.6 is 0 Å². The third kappa shape index (κ3) is 8.40. The van der Waals surface area contributed by atoms with Gasteiger partial charge >= 0.3 is 5.97 Å². The number of hydrogen-bond donors (Lipinski definition) is 2. The number of hydrogen-bond acceptors (Lipinski definition) is 2. The Kier molecular flexibility index (Phi) is 5.35. The van der Waals surface area contributed by atoms with Crippen LogP contribution in [0.3, 0.4) is 0 Å². The maximum Gasteiger partial charge on any atom is 0.303 e. The van der Waals surface area contributed by atoms with Crippen molar-refractivity contribution in [1.29, 1.82) is 0 Å². The van der Waals surface area contributed by atoms with E-state index in [1.807, 2.05) is 0 Å². The molecule has 0 aromatic carbocycles. The van der Waals surface area contributed by atoms with Crippen LogP contribution in [0.2, 0.25) is 0 Å². The van der Waals surface area contributed by atoms with Crippen molar-refractivity contribution in [2.24, 2.45) is 5.73 Å². The van der Waals surface area contributed by atoms with Crippen LogP contribution in [0.25, 0.3) is 0 Å². The van der Waals surface area contributed by atoms with Crippen molar-refractivity contribution in [3.63, 3.8) is 0 Å². The van der Waals surface area contributed by atoms with Gasteiger partial charge in [-0.15, -0.1) is 0 Å². The molecule has 3 N–H and O–H groups in total. The quantitative estimate of drug-likeness (QED) is 0.614. The number of nitrogens with two attached hydrogens (primary N) is 1. The van der Waals surface area contributed by atoms with Gasteiger partial charge in [-0.1, -0.05) is 24.8 Å². The SMILES string of the molecule is C=C(N)/C=C\C(=C)CCCC(=O)O. The van der Waals surface area contributed by atoms with E-state index in [0.29, 0.717) is 18.5 Å². The van der Waals surface area contributed by atoms with Crippen LogP contribution in [0.5, 0.6) is 0 Å². The average molecular weight is 181 g/mol. The van der Waals surface area contributed by atoms with Crippen LogP contribution in [0, 0.1) is 0 Å². The van der Waals surface area contributed by atoms with E-state index in [1.165, 1.54) is 0 Å². The van der Waals surface area contributed by atoms with Crippen molar-refractivity contribution in [2.45, 2.75) is 19.3 Å². The van der Waals surface area contributed by atoms with Gasteiger partial charge in [-0.3, -0.25) is 4.79 Å². The second kappa shape index (κ2) is 6.06. The summed E-state index contributed by atoms with van der Waals surface area (Å²) in [5.74, 6) is -0.778. The zero-order valence-corrected chi connectivity index (χ0v) is 7.62. The molecule has 0 rings (SSSR count). The van der Waals surface area contributed by atoms with Crippen LogP contribution in [-0.2, 0) is 4.79 Å².